The standard InChI is InChI=1S/C14H21N3O3/c1-9(2)13-10(4-3-5-20-13)6-16-12-8-15-11(7-17-12)14(18)19/h7-10,13H,3-6H2,1-2H3,(H,16,17)(H,18,19). The molecule has 0 spiro atoms. The van der Waals surface area contributed by atoms with Gasteiger partial charge in [-0.05, 0) is 18.8 Å². The Morgan fingerprint density at radius 3 is 2.90 bits per heavy atom. The summed E-state index contributed by atoms with van der Waals surface area (Å²) in [7, 11) is 0. The molecule has 1 aliphatic heterocycles. The van der Waals surface area contributed by atoms with Crippen molar-refractivity contribution in [2.24, 2.45) is 11.8 Å². The van der Waals surface area contributed by atoms with Gasteiger partial charge in [0.2, 0.25) is 0 Å². The van der Waals surface area contributed by atoms with Crippen LogP contribution in [-0.4, -0.2) is 40.3 Å². The molecule has 1 aliphatic rings. The molecular weight excluding hydrogens is 258 g/mol. The summed E-state index contributed by atoms with van der Waals surface area (Å²) < 4.78 is 5.84. The lowest BCUT2D eigenvalue weighted by atomic mass is 9.87. The molecule has 0 radical (unpaired) electrons. The van der Waals surface area contributed by atoms with Gasteiger partial charge in [-0.1, -0.05) is 13.8 Å². The number of carboxylic acids is 1. The minimum atomic E-state index is -1.07. The summed E-state index contributed by atoms with van der Waals surface area (Å²) in [6.45, 7) is 5.95. The Balaban J connectivity index is 1.91. The highest BCUT2D eigenvalue weighted by Gasteiger charge is 2.28. The molecule has 2 N–H and O–H groups in total. The summed E-state index contributed by atoms with van der Waals surface area (Å²) in [5.41, 5.74) is -0.0448. The lowest BCUT2D eigenvalue weighted by Crippen LogP contribution is -2.37. The van der Waals surface area contributed by atoms with Gasteiger partial charge in [-0.25, -0.2) is 14.8 Å². The third-order valence-electron chi connectivity index (χ3n) is 3.57. The van der Waals surface area contributed by atoms with Crippen LogP contribution in [-0.2, 0) is 4.74 Å². The number of nitrogens with one attached hydrogen (secondary N) is 1. The van der Waals surface area contributed by atoms with Gasteiger partial charge in [0, 0.05) is 19.1 Å². The third-order valence-corrected chi connectivity index (χ3v) is 3.57. The van der Waals surface area contributed by atoms with E-state index in [0.717, 1.165) is 26.0 Å². The van der Waals surface area contributed by atoms with E-state index in [1.54, 1.807) is 0 Å². The van der Waals surface area contributed by atoms with E-state index in [2.05, 4.69) is 29.1 Å². The molecular formula is C14H21N3O3. The van der Waals surface area contributed by atoms with Gasteiger partial charge < -0.3 is 15.2 Å². The minimum absolute atomic E-state index is 0.0448. The Hall–Kier alpha value is -1.69. The fourth-order valence-electron chi connectivity index (χ4n) is 2.59. The van der Waals surface area contributed by atoms with Gasteiger partial charge in [0.25, 0.3) is 0 Å². The van der Waals surface area contributed by atoms with E-state index in [1.165, 1.54) is 12.4 Å². The highest BCUT2D eigenvalue weighted by Crippen LogP contribution is 2.26. The first-order valence-electron chi connectivity index (χ1n) is 6.98. The highest BCUT2D eigenvalue weighted by atomic mass is 16.5. The van der Waals surface area contributed by atoms with E-state index < -0.39 is 5.97 Å². The number of aromatic nitrogens is 2. The molecule has 0 aliphatic carbocycles. The van der Waals surface area contributed by atoms with Crippen LogP contribution in [0.2, 0.25) is 0 Å². The molecule has 2 heterocycles. The molecule has 2 atom stereocenters. The van der Waals surface area contributed by atoms with E-state index in [4.69, 9.17) is 9.84 Å². The molecule has 1 saturated heterocycles. The first-order chi connectivity index (χ1) is 9.58. The van der Waals surface area contributed by atoms with Gasteiger partial charge in [-0.3, -0.25) is 0 Å². The number of hydrogen-bond donors (Lipinski definition) is 2. The lowest BCUT2D eigenvalue weighted by Gasteiger charge is -2.34. The number of hydrogen-bond acceptors (Lipinski definition) is 5. The molecule has 0 aromatic carbocycles. The van der Waals surface area contributed by atoms with Crippen molar-refractivity contribution in [1.82, 2.24) is 9.97 Å². The van der Waals surface area contributed by atoms with Crippen LogP contribution in [0.1, 0.15) is 37.2 Å². The van der Waals surface area contributed by atoms with Crippen LogP contribution in [0, 0.1) is 11.8 Å². The molecule has 1 aromatic heterocycles. The maximum atomic E-state index is 10.7. The van der Waals surface area contributed by atoms with Crippen LogP contribution in [0.5, 0.6) is 0 Å². The SMILES string of the molecule is CC(C)C1OCCCC1CNc1cnc(C(=O)O)cn1. The highest BCUT2D eigenvalue weighted by molar-refractivity contribution is 5.84. The quantitative estimate of drug-likeness (QED) is 0.858. The molecule has 0 saturated carbocycles. The number of nitrogens with zero attached hydrogens (tertiary/aromatic N) is 2. The number of carbonyl (C=O) groups is 1. The van der Waals surface area contributed by atoms with E-state index in [0.29, 0.717) is 17.7 Å². The van der Waals surface area contributed by atoms with Crippen LogP contribution >= 0.6 is 0 Å². The van der Waals surface area contributed by atoms with Crippen LogP contribution < -0.4 is 5.32 Å². The molecule has 2 unspecified atom stereocenters. The summed E-state index contributed by atoms with van der Waals surface area (Å²) in [4.78, 5) is 18.6. The Labute approximate surface area is 118 Å². The van der Waals surface area contributed by atoms with Gasteiger partial charge in [0.15, 0.2) is 5.69 Å². The van der Waals surface area contributed by atoms with Gasteiger partial charge in [-0.15, -0.1) is 0 Å². The molecule has 0 amide bonds. The van der Waals surface area contributed by atoms with Crippen LogP contribution in [0.25, 0.3) is 0 Å². The molecule has 1 aromatic rings. The van der Waals surface area contributed by atoms with Crippen molar-refractivity contribution in [3.63, 3.8) is 0 Å². The van der Waals surface area contributed by atoms with E-state index in [-0.39, 0.29) is 11.8 Å². The maximum Gasteiger partial charge on any atom is 0.356 e. The predicted octanol–water partition coefficient (Wildman–Crippen LogP) is 2.04. The zero-order valence-electron chi connectivity index (χ0n) is 11.9. The van der Waals surface area contributed by atoms with Crippen molar-refractivity contribution in [3.8, 4) is 0 Å². The number of carboxylic acid groups (broad SMARTS) is 1. The Morgan fingerprint density at radius 1 is 1.50 bits per heavy atom. The molecule has 6 heteroatoms. The van der Waals surface area contributed by atoms with E-state index in [9.17, 15) is 4.79 Å². The summed E-state index contributed by atoms with van der Waals surface area (Å²) in [5, 5.41) is 12.0. The predicted molar refractivity (Wildman–Crippen MR) is 74.8 cm³/mol. The van der Waals surface area contributed by atoms with Gasteiger partial charge in [0.05, 0.1) is 18.5 Å². The first kappa shape index (κ1) is 14.7. The number of ether oxygens (including phenoxy) is 1. The van der Waals surface area contributed by atoms with Crippen molar-refractivity contribution in [2.75, 3.05) is 18.5 Å². The number of aromatic carboxylic acids is 1. The topological polar surface area (TPSA) is 84.3 Å². The minimum Gasteiger partial charge on any atom is -0.476 e. The fraction of sp³-hybridized carbons (Fsp3) is 0.643. The van der Waals surface area contributed by atoms with Gasteiger partial charge >= 0.3 is 5.97 Å². The van der Waals surface area contributed by atoms with Crippen molar-refractivity contribution in [2.45, 2.75) is 32.8 Å². The second-order valence-electron chi connectivity index (χ2n) is 5.45. The third kappa shape index (κ3) is 3.66. The van der Waals surface area contributed by atoms with Crippen molar-refractivity contribution in [3.05, 3.63) is 18.1 Å². The zero-order chi connectivity index (χ0) is 14.5. The number of anilines is 1. The van der Waals surface area contributed by atoms with Crippen LogP contribution in [0.3, 0.4) is 0 Å². The molecule has 1 fully saturated rings. The maximum absolute atomic E-state index is 10.7. The van der Waals surface area contributed by atoms with Crippen molar-refractivity contribution >= 4 is 11.8 Å². The molecule has 0 bridgehead atoms. The van der Waals surface area contributed by atoms with E-state index >= 15 is 0 Å². The van der Waals surface area contributed by atoms with Gasteiger partial charge in [-0.2, -0.15) is 0 Å². The Bertz CT molecular complexity index is 447. The molecule has 6 nitrogen and oxygen atoms in total. The van der Waals surface area contributed by atoms with E-state index in [1.807, 2.05) is 0 Å². The molecule has 2 rings (SSSR count). The normalized spacial score (nSPS) is 22.8. The smallest absolute Gasteiger partial charge is 0.356 e. The largest absolute Gasteiger partial charge is 0.476 e. The van der Waals surface area contributed by atoms with Crippen LogP contribution in [0.15, 0.2) is 12.4 Å². The summed E-state index contributed by atoms with van der Waals surface area (Å²) >= 11 is 0. The van der Waals surface area contributed by atoms with Crippen molar-refractivity contribution in [1.29, 1.82) is 0 Å². The molecule has 110 valence electrons. The first-order valence-corrected chi connectivity index (χ1v) is 6.98. The average Bonchev–Trinajstić information content (AvgIpc) is 2.45. The average molecular weight is 279 g/mol. The monoisotopic (exact) mass is 279 g/mol. The lowest BCUT2D eigenvalue weighted by molar-refractivity contribution is -0.0481. The molecule has 20 heavy (non-hydrogen) atoms. The Kier molecular flexibility index (Phi) is 4.89. The fourth-order valence-corrected chi connectivity index (χ4v) is 2.59. The van der Waals surface area contributed by atoms with Crippen LogP contribution in [0.4, 0.5) is 5.82 Å². The second kappa shape index (κ2) is 6.65. The second-order valence-corrected chi connectivity index (χ2v) is 5.45. The summed E-state index contributed by atoms with van der Waals surface area (Å²) in [6.07, 6.45) is 5.21. The van der Waals surface area contributed by atoms with Gasteiger partial charge in [0.1, 0.15) is 5.82 Å². The van der Waals surface area contributed by atoms with Crippen molar-refractivity contribution < 1.29 is 14.6 Å². The summed E-state index contributed by atoms with van der Waals surface area (Å²) in [6, 6.07) is 0. The zero-order valence-corrected chi connectivity index (χ0v) is 11.9. The Morgan fingerprint density at radius 2 is 2.30 bits per heavy atom. The number of rotatable bonds is 5. The summed E-state index contributed by atoms with van der Waals surface area (Å²) in [5.74, 6) is 0.472.